The zero-order chi connectivity index (χ0) is 24.3. The molecule has 32 heavy (non-hydrogen) atoms. The average molecular weight is 476 g/mol. The highest BCUT2D eigenvalue weighted by Gasteiger charge is 2.46. The van der Waals surface area contributed by atoms with Crippen molar-refractivity contribution in [3.05, 3.63) is 70.8 Å². The van der Waals surface area contributed by atoms with Crippen LogP contribution in [0.4, 0.5) is 26.3 Å². The summed E-state index contributed by atoms with van der Waals surface area (Å²) in [6, 6.07) is 9.47. The highest BCUT2D eigenvalue weighted by Crippen LogP contribution is 2.47. The van der Waals surface area contributed by atoms with Gasteiger partial charge in [0.1, 0.15) is 0 Å². The number of hydrogen-bond acceptors (Lipinski definition) is 2. The number of halogens is 6. The van der Waals surface area contributed by atoms with Gasteiger partial charge in [-0.2, -0.15) is 26.3 Å². The van der Waals surface area contributed by atoms with Crippen LogP contribution in [-0.2, 0) is 16.9 Å². The van der Waals surface area contributed by atoms with Gasteiger partial charge in [-0.15, -0.1) is 0 Å². The lowest BCUT2D eigenvalue weighted by atomic mass is 9.67. The summed E-state index contributed by atoms with van der Waals surface area (Å²) in [5, 5.41) is 0. The molecular weight excluding hydrogens is 453 g/mol. The Morgan fingerprint density at radius 2 is 1.38 bits per heavy atom. The molecule has 2 rings (SSSR count). The molecule has 174 valence electrons. The lowest BCUT2D eigenvalue weighted by Crippen LogP contribution is -2.33. The molecule has 2 nitrogen and oxygen atoms in total. The molecule has 2 unspecified atom stereocenters. The molecular formula is C23H23F6O2P. The summed E-state index contributed by atoms with van der Waals surface area (Å²) in [6.45, 7) is 5.03. The highest BCUT2D eigenvalue weighted by molar-refractivity contribution is 7.23. The summed E-state index contributed by atoms with van der Waals surface area (Å²) in [5.74, 6) is -2.70. The number of alkyl halides is 6. The van der Waals surface area contributed by atoms with Gasteiger partial charge in [-0.05, 0) is 35.4 Å². The molecule has 2 atom stereocenters. The van der Waals surface area contributed by atoms with Gasteiger partial charge in [-0.3, -0.25) is 9.36 Å². The number of ketones is 1. The Kier molecular flexibility index (Phi) is 7.92. The monoisotopic (exact) mass is 476 g/mol. The van der Waals surface area contributed by atoms with Gasteiger partial charge in [0.05, 0.1) is 17.0 Å². The number of carbonyl (C=O) groups is 1. The minimum absolute atomic E-state index is 0.129. The third-order valence-electron chi connectivity index (χ3n) is 5.36. The van der Waals surface area contributed by atoms with Gasteiger partial charge < -0.3 is 0 Å². The summed E-state index contributed by atoms with van der Waals surface area (Å²) in [5.41, 5.74) is -5.30. The molecule has 0 saturated carbocycles. The molecule has 0 amide bonds. The molecule has 0 aliphatic heterocycles. The Morgan fingerprint density at radius 1 is 0.875 bits per heavy atom. The lowest BCUT2D eigenvalue weighted by molar-refractivity contribution is -0.143. The van der Waals surface area contributed by atoms with Gasteiger partial charge >= 0.3 is 12.4 Å². The second kappa shape index (κ2) is 9.74. The number of hydrogen-bond donors (Lipinski definition) is 0. The van der Waals surface area contributed by atoms with Gasteiger partial charge in [0.25, 0.3) is 0 Å². The molecule has 0 saturated heterocycles. The van der Waals surface area contributed by atoms with Gasteiger partial charge in [-0.1, -0.05) is 57.2 Å². The van der Waals surface area contributed by atoms with Gasteiger partial charge in [0, 0.05) is 11.7 Å². The van der Waals surface area contributed by atoms with Crippen LogP contribution in [0, 0.1) is 11.3 Å². The van der Waals surface area contributed by atoms with E-state index in [0.717, 1.165) is 0 Å². The summed E-state index contributed by atoms with van der Waals surface area (Å²) in [7, 11) is -0.129. The van der Waals surface area contributed by atoms with Crippen molar-refractivity contribution in [2.24, 2.45) is 11.3 Å². The predicted molar refractivity (Wildman–Crippen MR) is 110 cm³/mol. The van der Waals surface area contributed by atoms with Crippen LogP contribution in [0.2, 0.25) is 0 Å². The lowest BCUT2D eigenvalue weighted by Gasteiger charge is -2.36. The van der Waals surface area contributed by atoms with Crippen molar-refractivity contribution in [2.45, 2.75) is 45.5 Å². The molecule has 0 aromatic heterocycles. The second-order valence-electron chi connectivity index (χ2n) is 8.54. The Morgan fingerprint density at radius 3 is 1.81 bits per heavy atom. The summed E-state index contributed by atoms with van der Waals surface area (Å²) < 4.78 is 93.2. The zero-order valence-corrected chi connectivity index (χ0v) is 18.6. The fourth-order valence-corrected chi connectivity index (χ4v) is 4.63. The average Bonchev–Trinajstić information content (AvgIpc) is 2.66. The fraction of sp³-hybridized carbons (Fsp3) is 0.435. The van der Waals surface area contributed by atoms with E-state index >= 15 is 0 Å². The van der Waals surface area contributed by atoms with Crippen molar-refractivity contribution in [2.75, 3.05) is 6.16 Å². The van der Waals surface area contributed by atoms with Crippen molar-refractivity contribution >= 4 is 14.2 Å². The standard InChI is InChI=1S/C23H23F6O2P/c1-14(13-32-31)12-21(2,3)19(15-8-5-4-6-9-15)20(30)18-16(22(24,25)26)10-7-11-17(18)23(27,28)29/h4-11,14,19H,12-13H2,1-3H3. The van der Waals surface area contributed by atoms with E-state index in [1.807, 2.05) is 0 Å². The Labute approximate surface area is 184 Å². The summed E-state index contributed by atoms with van der Waals surface area (Å²) in [4.78, 5) is 13.6. The van der Waals surface area contributed by atoms with Gasteiger partial charge in [-0.25, -0.2) is 0 Å². The van der Waals surface area contributed by atoms with Crippen LogP contribution in [-0.4, -0.2) is 11.9 Å². The molecule has 0 bridgehead atoms. The first-order valence-electron chi connectivity index (χ1n) is 9.85. The molecule has 0 aliphatic carbocycles. The summed E-state index contributed by atoms with van der Waals surface area (Å²) >= 11 is 0. The van der Waals surface area contributed by atoms with E-state index in [4.69, 9.17) is 0 Å². The number of Topliss-reactive ketones (excluding diaryl/α,β-unsaturated/α-hetero) is 1. The van der Waals surface area contributed by atoms with Crippen LogP contribution < -0.4 is 0 Å². The second-order valence-corrected chi connectivity index (χ2v) is 9.16. The Hall–Kier alpha value is -2.21. The van der Waals surface area contributed by atoms with E-state index in [0.29, 0.717) is 23.8 Å². The number of carbonyl (C=O) groups excluding carboxylic acids is 1. The fourth-order valence-electron chi connectivity index (χ4n) is 4.25. The molecule has 0 aliphatic rings. The van der Waals surface area contributed by atoms with Crippen LogP contribution >= 0.6 is 8.46 Å². The van der Waals surface area contributed by atoms with E-state index in [1.165, 1.54) is 12.1 Å². The smallest absolute Gasteiger partial charge is 0.293 e. The molecule has 0 fully saturated rings. The van der Waals surface area contributed by atoms with Crippen LogP contribution in [0.1, 0.15) is 60.2 Å². The van der Waals surface area contributed by atoms with Crippen LogP contribution in [0.25, 0.3) is 0 Å². The van der Waals surface area contributed by atoms with Crippen molar-refractivity contribution in [3.8, 4) is 0 Å². The third kappa shape index (κ3) is 5.97. The van der Waals surface area contributed by atoms with Gasteiger partial charge in [0.15, 0.2) is 14.2 Å². The van der Waals surface area contributed by atoms with E-state index < -0.39 is 46.2 Å². The van der Waals surface area contributed by atoms with E-state index in [1.54, 1.807) is 39.0 Å². The first kappa shape index (κ1) is 26.0. The van der Waals surface area contributed by atoms with Crippen LogP contribution in [0.15, 0.2) is 48.5 Å². The molecule has 9 heteroatoms. The maximum absolute atomic E-state index is 13.7. The highest BCUT2D eigenvalue weighted by atomic mass is 31.1. The SMILES string of the molecule is CC(CP=O)CC(C)(C)C(C(=O)c1c(C(F)(F)F)cccc1C(F)(F)F)c1ccccc1. The summed E-state index contributed by atoms with van der Waals surface area (Å²) in [6.07, 6.45) is -9.77. The molecule has 2 aromatic rings. The number of benzene rings is 2. The predicted octanol–water partition coefficient (Wildman–Crippen LogP) is 8.03. The van der Waals surface area contributed by atoms with Crippen molar-refractivity contribution in [3.63, 3.8) is 0 Å². The van der Waals surface area contributed by atoms with Crippen molar-refractivity contribution in [1.29, 1.82) is 0 Å². The van der Waals surface area contributed by atoms with E-state index in [-0.39, 0.29) is 27.0 Å². The normalized spacial score (nSPS) is 14.9. The van der Waals surface area contributed by atoms with E-state index in [9.17, 15) is 35.7 Å². The minimum Gasteiger partial charge on any atom is -0.293 e. The van der Waals surface area contributed by atoms with E-state index in [2.05, 4.69) is 0 Å². The third-order valence-corrected chi connectivity index (χ3v) is 6.13. The van der Waals surface area contributed by atoms with Crippen LogP contribution in [0.5, 0.6) is 0 Å². The Bertz CT molecular complexity index is 919. The molecule has 0 heterocycles. The van der Waals surface area contributed by atoms with Crippen molar-refractivity contribution < 1.29 is 35.7 Å². The molecule has 0 spiro atoms. The first-order chi connectivity index (χ1) is 14.7. The maximum atomic E-state index is 13.7. The molecule has 0 radical (unpaired) electrons. The minimum atomic E-state index is -5.15. The van der Waals surface area contributed by atoms with Crippen LogP contribution in [0.3, 0.4) is 0 Å². The first-order valence-corrected chi connectivity index (χ1v) is 10.9. The molecule has 0 N–H and O–H groups in total. The molecule has 2 aromatic carbocycles. The topological polar surface area (TPSA) is 34.1 Å². The maximum Gasteiger partial charge on any atom is 0.417 e. The Balaban J connectivity index is 2.77. The number of rotatable bonds is 8. The quantitative estimate of drug-likeness (QED) is 0.220. The van der Waals surface area contributed by atoms with Gasteiger partial charge in [0.2, 0.25) is 0 Å². The largest absolute Gasteiger partial charge is 0.417 e. The zero-order valence-electron chi connectivity index (χ0n) is 17.7. The van der Waals surface area contributed by atoms with Crippen molar-refractivity contribution in [1.82, 2.24) is 0 Å².